The molecule has 1 aliphatic rings. The summed E-state index contributed by atoms with van der Waals surface area (Å²) >= 11 is 0. The second-order valence-electron chi connectivity index (χ2n) is 3.88. The van der Waals surface area contributed by atoms with Crippen LogP contribution < -0.4 is 5.73 Å². The second kappa shape index (κ2) is 4.60. The Morgan fingerprint density at radius 1 is 1.81 bits per heavy atom. The van der Waals surface area contributed by atoms with Crippen molar-refractivity contribution in [2.45, 2.75) is 31.9 Å². The molecule has 6 nitrogen and oxygen atoms in total. The van der Waals surface area contributed by atoms with Crippen LogP contribution in [0.4, 0.5) is 0 Å². The Balaban J connectivity index is 3.09. The summed E-state index contributed by atoms with van der Waals surface area (Å²) in [5.74, 6) is -1.82. The average molecular weight is 226 g/mol. The van der Waals surface area contributed by atoms with Gasteiger partial charge in [-0.15, -0.1) is 0 Å². The molecule has 0 amide bonds. The molecule has 1 rings (SSSR count). The molecule has 3 N–H and O–H groups in total. The van der Waals surface area contributed by atoms with Gasteiger partial charge in [0.05, 0.1) is 24.8 Å². The minimum atomic E-state index is -1.67. The van der Waals surface area contributed by atoms with E-state index in [0.29, 0.717) is 0 Å². The zero-order chi connectivity index (χ0) is 12.3. The standard InChI is InChI=1S/C10H14N2O4/c1-6-10(9(14)15,3-2-4-11)8(13)7(12)5-16-6/h6-7H,2-3,5,12H2,1H3,(H,14,15). The molecule has 6 heteroatoms. The SMILES string of the molecule is CC1OCC(N)C(=O)C1(CCC#N)C(=O)O. The summed E-state index contributed by atoms with van der Waals surface area (Å²) in [6.07, 6.45) is -0.837. The van der Waals surface area contributed by atoms with Crippen LogP contribution in [0.5, 0.6) is 0 Å². The number of hydrogen-bond donors (Lipinski definition) is 2. The van der Waals surface area contributed by atoms with Crippen molar-refractivity contribution in [3.63, 3.8) is 0 Å². The van der Waals surface area contributed by atoms with E-state index in [1.165, 1.54) is 6.92 Å². The fourth-order valence-corrected chi connectivity index (χ4v) is 1.96. The number of Topliss-reactive ketones (excluding diaryl/α,β-unsaturated/α-hetero) is 1. The maximum Gasteiger partial charge on any atom is 0.319 e. The second-order valence-corrected chi connectivity index (χ2v) is 3.88. The van der Waals surface area contributed by atoms with Crippen molar-refractivity contribution < 1.29 is 19.4 Å². The summed E-state index contributed by atoms with van der Waals surface area (Å²) in [7, 11) is 0. The molecule has 3 unspecified atom stereocenters. The van der Waals surface area contributed by atoms with Gasteiger partial charge in [-0.25, -0.2) is 0 Å². The van der Waals surface area contributed by atoms with Crippen LogP contribution in [0.15, 0.2) is 0 Å². The number of carboxylic acid groups (broad SMARTS) is 1. The zero-order valence-corrected chi connectivity index (χ0v) is 8.97. The normalized spacial score (nSPS) is 34.4. The van der Waals surface area contributed by atoms with Gasteiger partial charge >= 0.3 is 5.97 Å². The summed E-state index contributed by atoms with van der Waals surface area (Å²) in [6.45, 7) is 1.55. The van der Waals surface area contributed by atoms with Gasteiger partial charge in [0.15, 0.2) is 11.2 Å². The lowest BCUT2D eigenvalue weighted by Gasteiger charge is -2.39. The van der Waals surface area contributed by atoms with Crippen molar-refractivity contribution in [1.29, 1.82) is 5.26 Å². The number of nitriles is 1. The minimum absolute atomic E-state index is 0.0154. The Hall–Kier alpha value is -1.45. The first-order valence-electron chi connectivity index (χ1n) is 4.98. The third kappa shape index (κ3) is 1.79. The Labute approximate surface area is 93.0 Å². The molecule has 1 saturated heterocycles. The molecule has 1 heterocycles. The Morgan fingerprint density at radius 3 is 2.94 bits per heavy atom. The predicted octanol–water partition coefficient (Wildman–Crippen LogP) is -0.324. The van der Waals surface area contributed by atoms with Gasteiger partial charge in [-0.3, -0.25) is 9.59 Å². The summed E-state index contributed by atoms with van der Waals surface area (Å²) in [5, 5.41) is 17.7. The van der Waals surface area contributed by atoms with E-state index in [1.54, 1.807) is 0 Å². The summed E-state index contributed by atoms with van der Waals surface area (Å²) in [5.41, 5.74) is 3.83. The smallest absolute Gasteiger partial charge is 0.319 e. The van der Waals surface area contributed by atoms with Crippen LogP contribution in [-0.4, -0.2) is 35.6 Å². The number of hydrogen-bond acceptors (Lipinski definition) is 5. The van der Waals surface area contributed by atoms with Crippen LogP contribution in [0.25, 0.3) is 0 Å². The number of ketones is 1. The molecule has 0 radical (unpaired) electrons. The number of carboxylic acids is 1. The van der Waals surface area contributed by atoms with Crippen LogP contribution in [0, 0.1) is 16.7 Å². The van der Waals surface area contributed by atoms with Crippen LogP contribution in [0.1, 0.15) is 19.8 Å². The number of rotatable bonds is 3. The molecule has 0 aromatic carbocycles. The van der Waals surface area contributed by atoms with E-state index in [0.717, 1.165) is 0 Å². The molecule has 1 aliphatic heterocycles. The maximum absolute atomic E-state index is 11.9. The van der Waals surface area contributed by atoms with Crippen LogP contribution in [-0.2, 0) is 14.3 Å². The number of carbonyl (C=O) groups is 2. The topological polar surface area (TPSA) is 113 Å². The average Bonchev–Trinajstić information content (AvgIpc) is 2.24. The van der Waals surface area contributed by atoms with Crippen molar-refractivity contribution >= 4 is 11.8 Å². The highest BCUT2D eigenvalue weighted by Crippen LogP contribution is 2.36. The summed E-state index contributed by atoms with van der Waals surface area (Å²) in [6, 6.07) is 0.914. The van der Waals surface area contributed by atoms with Crippen molar-refractivity contribution in [2.24, 2.45) is 11.1 Å². The Morgan fingerprint density at radius 2 is 2.44 bits per heavy atom. The molecule has 0 aliphatic carbocycles. The molecule has 3 atom stereocenters. The fraction of sp³-hybridized carbons (Fsp3) is 0.700. The highest BCUT2D eigenvalue weighted by Gasteiger charge is 2.55. The Bertz CT molecular complexity index is 349. The van der Waals surface area contributed by atoms with Crippen LogP contribution >= 0.6 is 0 Å². The van der Waals surface area contributed by atoms with E-state index >= 15 is 0 Å². The highest BCUT2D eigenvalue weighted by atomic mass is 16.5. The summed E-state index contributed by atoms with van der Waals surface area (Å²) in [4.78, 5) is 23.2. The molecule has 0 aromatic heterocycles. The lowest BCUT2D eigenvalue weighted by molar-refractivity contribution is -0.175. The third-order valence-electron chi connectivity index (χ3n) is 3.01. The van der Waals surface area contributed by atoms with Crippen molar-refractivity contribution in [3.05, 3.63) is 0 Å². The molecule has 16 heavy (non-hydrogen) atoms. The van der Waals surface area contributed by atoms with Crippen LogP contribution in [0.3, 0.4) is 0 Å². The molecule has 0 spiro atoms. The number of aliphatic carboxylic acids is 1. The molecule has 0 saturated carbocycles. The summed E-state index contributed by atoms with van der Waals surface area (Å²) < 4.78 is 5.20. The lowest BCUT2D eigenvalue weighted by Crippen LogP contribution is -2.60. The molecular formula is C10H14N2O4. The minimum Gasteiger partial charge on any atom is -0.480 e. The van der Waals surface area contributed by atoms with Crippen molar-refractivity contribution in [1.82, 2.24) is 0 Å². The first-order chi connectivity index (χ1) is 7.46. The first-order valence-corrected chi connectivity index (χ1v) is 4.98. The van der Waals surface area contributed by atoms with E-state index in [4.69, 9.17) is 15.7 Å². The van der Waals surface area contributed by atoms with Gasteiger partial charge in [-0.1, -0.05) is 0 Å². The van der Waals surface area contributed by atoms with Gasteiger partial charge < -0.3 is 15.6 Å². The van der Waals surface area contributed by atoms with Gasteiger partial charge in [0.25, 0.3) is 0 Å². The van der Waals surface area contributed by atoms with E-state index in [9.17, 15) is 14.7 Å². The van der Waals surface area contributed by atoms with E-state index in [1.807, 2.05) is 6.07 Å². The largest absolute Gasteiger partial charge is 0.480 e. The molecular weight excluding hydrogens is 212 g/mol. The molecule has 0 aromatic rings. The molecule has 88 valence electrons. The molecule has 0 bridgehead atoms. The zero-order valence-electron chi connectivity index (χ0n) is 8.97. The van der Waals surface area contributed by atoms with E-state index < -0.39 is 29.3 Å². The van der Waals surface area contributed by atoms with E-state index in [-0.39, 0.29) is 19.4 Å². The third-order valence-corrected chi connectivity index (χ3v) is 3.01. The fourth-order valence-electron chi connectivity index (χ4n) is 1.96. The number of carbonyl (C=O) groups excluding carboxylic acids is 1. The van der Waals surface area contributed by atoms with Gasteiger partial charge in [0.1, 0.15) is 0 Å². The van der Waals surface area contributed by atoms with E-state index in [2.05, 4.69) is 0 Å². The lowest BCUT2D eigenvalue weighted by atomic mass is 9.71. The Kier molecular flexibility index (Phi) is 3.62. The highest BCUT2D eigenvalue weighted by molar-refractivity contribution is 6.06. The van der Waals surface area contributed by atoms with Crippen molar-refractivity contribution in [2.75, 3.05) is 6.61 Å². The number of nitrogens with two attached hydrogens (primary N) is 1. The van der Waals surface area contributed by atoms with Gasteiger partial charge in [-0.2, -0.15) is 5.26 Å². The number of nitrogens with zero attached hydrogens (tertiary/aromatic N) is 1. The van der Waals surface area contributed by atoms with Crippen LogP contribution in [0.2, 0.25) is 0 Å². The van der Waals surface area contributed by atoms with Gasteiger partial charge in [-0.05, 0) is 13.3 Å². The molecule has 1 fully saturated rings. The van der Waals surface area contributed by atoms with Crippen molar-refractivity contribution in [3.8, 4) is 6.07 Å². The maximum atomic E-state index is 11.9. The number of ether oxygens (including phenoxy) is 1. The monoisotopic (exact) mass is 226 g/mol. The predicted molar refractivity (Wildman–Crippen MR) is 53.3 cm³/mol. The first kappa shape index (κ1) is 12.6. The quantitative estimate of drug-likeness (QED) is 0.637. The van der Waals surface area contributed by atoms with Gasteiger partial charge in [0.2, 0.25) is 0 Å². The van der Waals surface area contributed by atoms with Gasteiger partial charge in [0, 0.05) is 6.42 Å².